The van der Waals surface area contributed by atoms with Gasteiger partial charge in [-0.15, -0.1) is 11.6 Å². The van der Waals surface area contributed by atoms with Gasteiger partial charge >= 0.3 is 0 Å². The highest BCUT2D eigenvalue weighted by Gasteiger charge is 2.40. The van der Waals surface area contributed by atoms with E-state index in [2.05, 4.69) is 13.0 Å². The first-order chi connectivity index (χ1) is 16.6. The molecule has 35 heavy (non-hydrogen) atoms. The van der Waals surface area contributed by atoms with Crippen LogP contribution in [0.25, 0.3) is 0 Å². The normalized spacial score (nSPS) is 15.4. The lowest BCUT2D eigenvalue weighted by Crippen LogP contribution is -2.43. The highest BCUT2D eigenvalue weighted by molar-refractivity contribution is 6.31. The van der Waals surface area contributed by atoms with E-state index in [0.717, 1.165) is 28.8 Å². The van der Waals surface area contributed by atoms with Crippen molar-refractivity contribution in [1.82, 2.24) is 5.06 Å². The second-order valence-corrected chi connectivity index (χ2v) is 9.90. The molecule has 0 aromatic heterocycles. The summed E-state index contributed by atoms with van der Waals surface area (Å²) in [6, 6.07) is 13.5. The Hall–Kier alpha value is -2.12. The van der Waals surface area contributed by atoms with Gasteiger partial charge in [-0.25, -0.2) is 5.06 Å². The molecule has 8 heteroatoms. The molecule has 1 saturated heterocycles. The monoisotopic (exact) mass is 522 g/mol. The number of hydroxylamine groups is 2. The summed E-state index contributed by atoms with van der Waals surface area (Å²) in [5.74, 6) is -0.103. The zero-order chi connectivity index (χ0) is 26.2. The highest BCUT2D eigenvalue weighted by atomic mass is 35.5. The van der Waals surface area contributed by atoms with Crippen LogP contribution in [0.2, 0.25) is 5.02 Å². The number of amides is 2. The minimum atomic E-state index is -0.429. The fraction of sp³-hybridized carbons (Fsp3) is 0.481. The number of carbonyl (C=O) groups excluding carboxylic acids is 2. The summed E-state index contributed by atoms with van der Waals surface area (Å²) >= 11 is 11.8. The van der Waals surface area contributed by atoms with E-state index in [1.807, 2.05) is 64.1 Å². The molecule has 1 atom stereocenters. The van der Waals surface area contributed by atoms with Crippen LogP contribution in [0.4, 0.5) is 5.69 Å². The molecule has 1 aliphatic heterocycles. The average molecular weight is 524 g/mol. The van der Waals surface area contributed by atoms with E-state index in [4.69, 9.17) is 32.8 Å². The van der Waals surface area contributed by atoms with E-state index in [-0.39, 0.29) is 23.7 Å². The Morgan fingerprint density at radius 3 is 2.40 bits per heavy atom. The van der Waals surface area contributed by atoms with E-state index in [0.29, 0.717) is 24.8 Å². The standard InChI is InChI=1S/C15H22ClNO2.C12H14ClNO2/c1-5-13-8-6-7-11(2)15(13)17(14(18)9-16)12(3)10-19-4;1-12(2)8-16-14(11(12)15)7-9-5-3-4-6-10(9)13/h6-8,12H,5,9-10H2,1-4H3;3-6H,7-8H2,1-2H3. The SMILES string of the molecule is CC1(C)CON(Cc2ccccc2Cl)C1=O.CCc1cccc(C)c1N(C(=O)CCl)C(C)COC. The summed E-state index contributed by atoms with van der Waals surface area (Å²) in [5.41, 5.74) is 3.68. The molecule has 1 unspecified atom stereocenters. The number of carbonyl (C=O) groups is 2. The topological polar surface area (TPSA) is 59.1 Å². The molecule has 2 aromatic carbocycles. The number of alkyl halides is 1. The van der Waals surface area contributed by atoms with Gasteiger partial charge in [0.15, 0.2) is 0 Å². The van der Waals surface area contributed by atoms with Crippen LogP contribution in [-0.2, 0) is 32.1 Å². The van der Waals surface area contributed by atoms with Crippen molar-refractivity contribution in [1.29, 1.82) is 0 Å². The van der Waals surface area contributed by atoms with Gasteiger partial charge in [-0.1, -0.05) is 54.9 Å². The lowest BCUT2D eigenvalue weighted by Gasteiger charge is -2.31. The molecule has 192 valence electrons. The molecule has 1 aliphatic rings. The second-order valence-electron chi connectivity index (χ2n) is 9.23. The first-order valence-corrected chi connectivity index (χ1v) is 12.6. The maximum absolute atomic E-state index is 12.2. The minimum Gasteiger partial charge on any atom is -0.383 e. The largest absolute Gasteiger partial charge is 0.383 e. The van der Waals surface area contributed by atoms with Crippen LogP contribution in [0, 0.1) is 12.3 Å². The van der Waals surface area contributed by atoms with Gasteiger partial charge in [0, 0.05) is 12.1 Å². The molecule has 0 aliphatic carbocycles. The number of anilines is 1. The van der Waals surface area contributed by atoms with E-state index in [1.54, 1.807) is 12.0 Å². The predicted molar refractivity (Wildman–Crippen MR) is 142 cm³/mol. The Morgan fingerprint density at radius 1 is 1.20 bits per heavy atom. The van der Waals surface area contributed by atoms with Gasteiger partial charge in [-0.2, -0.15) is 0 Å². The molecule has 0 N–H and O–H groups in total. The molecule has 6 nitrogen and oxygen atoms in total. The van der Waals surface area contributed by atoms with Gasteiger partial charge in [-0.3, -0.25) is 14.4 Å². The Balaban J connectivity index is 0.000000250. The first-order valence-electron chi connectivity index (χ1n) is 11.7. The van der Waals surface area contributed by atoms with Crippen LogP contribution >= 0.6 is 23.2 Å². The highest BCUT2D eigenvalue weighted by Crippen LogP contribution is 2.30. The summed E-state index contributed by atoms with van der Waals surface area (Å²) in [4.78, 5) is 31.2. The zero-order valence-corrected chi connectivity index (χ0v) is 22.9. The first kappa shape index (κ1) is 29.1. The van der Waals surface area contributed by atoms with Crippen LogP contribution in [-0.4, -0.2) is 49.1 Å². The smallest absolute Gasteiger partial charge is 0.254 e. The number of hydrogen-bond donors (Lipinski definition) is 0. The van der Waals surface area contributed by atoms with Crippen LogP contribution in [0.1, 0.15) is 44.4 Å². The quantitative estimate of drug-likeness (QED) is 0.410. The van der Waals surface area contributed by atoms with Gasteiger partial charge < -0.3 is 9.64 Å². The molecule has 0 saturated carbocycles. The number of nitrogens with zero attached hydrogens (tertiary/aromatic N) is 2. The van der Waals surface area contributed by atoms with Gasteiger partial charge in [-0.05, 0) is 56.9 Å². The van der Waals surface area contributed by atoms with Crippen LogP contribution < -0.4 is 4.90 Å². The third kappa shape index (κ3) is 7.43. The van der Waals surface area contributed by atoms with Crippen LogP contribution in [0.15, 0.2) is 42.5 Å². The molecule has 1 heterocycles. The lowest BCUT2D eigenvalue weighted by atomic mass is 9.95. The van der Waals surface area contributed by atoms with Crippen molar-refractivity contribution >= 4 is 40.7 Å². The van der Waals surface area contributed by atoms with Crippen molar-refractivity contribution in [3.8, 4) is 0 Å². The average Bonchev–Trinajstić information content (AvgIpc) is 3.09. The second kappa shape index (κ2) is 13.3. The van der Waals surface area contributed by atoms with E-state index in [1.165, 1.54) is 5.06 Å². The molecule has 0 bridgehead atoms. The number of halogens is 2. The summed E-state index contributed by atoms with van der Waals surface area (Å²) < 4.78 is 5.18. The van der Waals surface area contributed by atoms with Gasteiger partial charge in [0.2, 0.25) is 5.91 Å². The third-order valence-corrected chi connectivity index (χ3v) is 6.43. The number of aryl methyl sites for hydroxylation is 2. The fourth-order valence-corrected chi connectivity index (χ4v) is 4.24. The Kier molecular flexibility index (Phi) is 11.0. The molecule has 2 amide bonds. The lowest BCUT2D eigenvalue weighted by molar-refractivity contribution is -0.165. The number of para-hydroxylation sites is 1. The van der Waals surface area contributed by atoms with E-state index >= 15 is 0 Å². The summed E-state index contributed by atoms with van der Waals surface area (Å²) in [7, 11) is 1.64. The fourth-order valence-electron chi connectivity index (χ4n) is 3.92. The molecule has 3 rings (SSSR count). The summed E-state index contributed by atoms with van der Waals surface area (Å²) in [6.45, 7) is 11.1. The van der Waals surface area contributed by atoms with E-state index < -0.39 is 5.41 Å². The molecule has 1 fully saturated rings. The third-order valence-electron chi connectivity index (χ3n) is 5.83. The van der Waals surface area contributed by atoms with E-state index in [9.17, 15) is 9.59 Å². The zero-order valence-electron chi connectivity index (χ0n) is 21.4. The number of ether oxygens (including phenoxy) is 1. The number of benzene rings is 2. The molecule has 2 aromatic rings. The summed E-state index contributed by atoms with van der Waals surface area (Å²) in [5, 5.41) is 2.05. The molecular weight excluding hydrogens is 487 g/mol. The molecular formula is C27H36Cl2N2O4. The molecule has 0 spiro atoms. The maximum Gasteiger partial charge on any atom is 0.254 e. The van der Waals surface area contributed by atoms with Crippen molar-refractivity contribution < 1.29 is 19.2 Å². The van der Waals surface area contributed by atoms with Crippen LogP contribution in [0.5, 0.6) is 0 Å². The summed E-state index contributed by atoms with van der Waals surface area (Å²) in [6.07, 6.45) is 0.878. The Morgan fingerprint density at radius 2 is 1.86 bits per heavy atom. The van der Waals surface area contributed by atoms with Gasteiger partial charge in [0.1, 0.15) is 5.88 Å². The van der Waals surface area contributed by atoms with Gasteiger partial charge in [0.05, 0.1) is 36.9 Å². The molecule has 0 radical (unpaired) electrons. The van der Waals surface area contributed by atoms with Crippen LogP contribution in [0.3, 0.4) is 0 Å². The van der Waals surface area contributed by atoms with Crippen molar-refractivity contribution in [2.24, 2.45) is 5.41 Å². The number of methoxy groups -OCH3 is 1. The Bertz CT molecular complexity index is 1010. The van der Waals surface area contributed by atoms with Gasteiger partial charge in [0.25, 0.3) is 5.91 Å². The predicted octanol–water partition coefficient (Wildman–Crippen LogP) is 5.80. The van der Waals surface area contributed by atoms with Crippen molar-refractivity contribution in [2.75, 3.05) is 31.1 Å². The maximum atomic E-state index is 12.2. The van der Waals surface area contributed by atoms with Crippen molar-refractivity contribution in [2.45, 2.75) is 53.6 Å². The van der Waals surface area contributed by atoms with Crippen molar-refractivity contribution in [3.05, 3.63) is 64.2 Å². The minimum absolute atomic E-state index is 0.00687. The number of rotatable bonds is 8. The van der Waals surface area contributed by atoms with Crippen molar-refractivity contribution in [3.63, 3.8) is 0 Å². The Labute approximate surface area is 219 Å². The number of hydrogen-bond acceptors (Lipinski definition) is 4.